The molecule has 0 aliphatic carbocycles. The number of amides is 1. The maximum absolute atomic E-state index is 12.6. The molecule has 0 aromatic heterocycles. The zero-order valence-electron chi connectivity index (χ0n) is 12.4. The number of hydrogen-bond donors (Lipinski definition) is 1. The zero-order chi connectivity index (χ0) is 15.2. The third-order valence-corrected chi connectivity index (χ3v) is 4.10. The van der Waals surface area contributed by atoms with Gasteiger partial charge in [0.1, 0.15) is 5.75 Å². The summed E-state index contributed by atoms with van der Waals surface area (Å²) >= 11 is 5.93. The molecule has 1 aromatic rings. The normalized spacial score (nSPS) is 20.1. The van der Waals surface area contributed by atoms with Crippen LogP contribution in [0.2, 0.25) is 5.02 Å². The Morgan fingerprint density at radius 1 is 1.52 bits per heavy atom. The number of likely N-dealkylation sites (tertiary alicyclic amines) is 1. The van der Waals surface area contributed by atoms with Crippen LogP contribution < -0.4 is 10.5 Å². The van der Waals surface area contributed by atoms with Crippen molar-refractivity contribution in [1.29, 1.82) is 0 Å². The van der Waals surface area contributed by atoms with Crippen LogP contribution in [0.5, 0.6) is 5.75 Å². The Bertz CT molecular complexity index is 479. The van der Waals surface area contributed by atoms with Crippen molar-refractivity contribution in [2.75, 3.05) is 13.1 Å². The van der Waals surface area contributed by atoms with Gasteiger partial charge in [0.15, 0.2) is 6.10 Å². The minimum Gasteiger partial charge on any atom is -0.481 e. The van der Waals surface area contributed by atoms with Gasteiger partial charge in [0.25, 0.3) is 5.91 Å². The van der Waals surface area contributed by atoms with Crippen molar-refractivity contribution in [3.05, 3.63) is 29.3 Å². The first-order valence-electron chi connectivity index (χ1n) is 7.54. The number of benzene rings is 1. The van der Waals surface area contributed by atoms with Gasteiger partial charge in [-0.3, -0.25) is 4.79 Å². The molecule has 5 heteroatoms. The van der Waals surface area contributed by atoms with Crippen LogP contribution in [0.3, 0.4) is 0 Å². The summed E-state index contributed by atoms with van der Waals surface area (Å²) in [6.07, 6.45) is 3.60. The lowest BCUT2D eigenvalue weighted by molar-refractivity contribution is -0.141. The Balaban J connectivity index is 2.00. The highest BCUT2D eigenvalue weighted by molar-refractivity contribution is 6.30. The van der Waals surface area contributed by atoms with Gasteiger partial charge in [0.05, 0.1) is 0 Å². The molecular formula is C16H23ClN2O2. The monoisotopic (exact) mass is 310 g/mol. The Morgan fingerprint density at radius 2 is 2.33 bits per heavy atom. The predicted molar refractivity (Wildman–Crippen MR) is 84.6 cm³/mol. The molecule has 116 valence electrons. The van der Waals surface area contributed by atoms with Gasteiger partial charge in [-0.15, -0.1) is 0 Å². The lowest BCUT2D eigenvalue weighted by Gasteiger charge is -2.37. The number of nitrogens with two attached hydrogens (primary N) is 1. The largest absolute Gasteiger partial charge is 0.481 e. The second-order valence-electron chi connectivity index (χ2n) is 5.48. The van der Waals surface area contributed by atoms with Crippen molar-refractivity contribution in [3.8, 4) is 5.75 Å². The molecular weight excluding hydrogens is 288 g/mol. The van der Waals surface area contributed by atoms with Gasteiger partial charge >= 0.3 is 0 Å². The van der Waals surface area contributed by atoms with Gasteiger partial charge in [-0.2, -0.15) is 0 Å². The fraction of sp³-hybridized carbons (Fsp3) is 0.562. The smallest absolute Gasteiger partial charge is 0.263 e. The fourth-order valence-electron chi connectivity index (χ4n) is 2.81. The molecule has 1 fully saturated rings. The molecule has 2 rings (SSSR count). The zero-order valence-corrected chi connectivity index (χ0v) is 13.2. The van der Waals surface area contributed by atoms with Crippen LogP contribution in [0.4, 0.5) is 0 Å². The van der Waals surface area contributed by atoms with E-state index in [0.29, 0.717) is 17.3 Å². The van der Waals surface area contributed by atoms with E-state index in [2.05, 4.69) is 0 Å². The second kappa shape index (κ2) is 7.66. The van der Waals surface area contributed by atoms with Crippen LogP contribution in [0, 0.1) is 0 Å². The van der Waals surface area contributed by atoms with E-state index in [1.165, 1.54) is 0 Å². The molecule has 0 bridgehead atoms. The average Bonchev–Trinajstić information content (AvgIpc) is 2.47. The van der Waals surface area contributed by atoms with Gasteiger partial charge in [-0.25, -0.2) is 0 Å². The second-order valence-corrected chi connectivity index (χ2v) is 5.91. The highest BCUT2D eigenvalue weighted by Crippen LogP contribution is 2.22. The van der Waals surface area contributed by atoms with E-state index in [4.69, 9.17) is 22.1 Å². The highest BCUT2D eigenvalue weighted by atomic mass is 35.5. The quantitative estimate of drug-likeness (QED) is 0.910. The molecule has 21 heavy (non-hydrogen) atoms. The lowest BCUT2D eigenvalue weighted by Crippen LogP contribution is -2.49. The summed E-state index contributed by atoms with van der Waals surface area (Å²) in [5.74, 6) is 0.656. The van der Waals surface area contributed by atoms with Crippen molar-refractivity contribution in [2.24, 2.45) is 5.73 Å². The predicted octanol–water partition coefficient (Wildman–Crippen LogP) is 2.84. The van der Waals surface area contributed by atoms with E-state index in [1.807, 2.05) is 17.0 Å². The Morgan fingerprint density at radius 3 is 3.05 bits per heavy atom. The summed E-state index contributed by atoms with van der Waals surface area (Å²) in [6, 6.07) is 7.37. The molecule has 4 nitrogen and oxygen atoms in total. The van der Waals surface area contributed by atoms with E-state index in [-0.39, 0.29) is 11.9 Å². The van der Waals surface area contributed by atoms with Gasteiger partial charge in [0, 0.05) is 17.6 Å². The molecule has 1 saturated heterocycles. The van der Waals surface area contributed by atoms with Crippen LogP contribution in [0.15, 0.2) is 24.3 Å². The van der Waals surface area contributed by atoms with Crippen LogP contribution in [-0.2, 0) is 4.79 Å². The first-order valence-corrected chi connectivity index (χ1v) is 7.92. The van der Waals surface area contributed by atoms with Gasteiger partial charge in [0.2, 0.25) is 0 Å². The number of ether oxygens (including phenoxy) is 1. The minimum atomic E-state index is -0.512. The molecule has 2 atom stereocenters. The third kappa shape index (κ3) is 4.35. The number of nitrogens with zero attached hydrogens (tertiary/aromatic N) is 1. The summed E-state index contributed by atoms with van der Waals surface area (Å²) in [5, 5.41) is 0.603. The maximum Gasteiger partial charge on any atom is 0.263 e. The Kier molecular flexibility index (Phi) is 5.88. The molecule has 1 aliphatic rings. The lowest BCUT2D eigenvalue weighted by atomic mass is 9.98. The van der Waals surface area contributed by atoms with Gasteiger partial charge in [-0.1, -0.05) is 17.7 Å². The van der Waals surface area contributed by atoms with Crippen molar-refractivity contribution >= 4 is 17.5 Å². The Labute approximate surface area is 131 Å². The van der Waals surface area contributed by atoms with E-state index in [0.717, 1.165) is 32.2 Å². The summed E-state index contributed by atoms with van der Waals surface area (Å²) in [7, 11) is 0. The molecule has 0 saturated carbocycles. The Hall–Kier alpha value is -1.26. The number of hydrogen-bond acceptors (Lipinski definition) is 3. The number of rotatable bonds is 5. The van der Waals surface area contributed by atoms with Crippen LogP contribution in [0.1, 0.15) is 32.6 Å². The summed E-state index contributed by atoms with van der Waals surface area (Å²) < 4.78 is 5.73. The third-order valence-electron chi connectivity index (χ3n) is 3.87. The summed E-state index contributed by atoms with van der Waals surface area (Å²) in [5.41, 5.74) is 5.65. The standard InChI is InChI=1S/C16H23ClN2O2/c1-12(21-15-7-4-5-13(17)11-15)16(20)19-10-3-2-6-14(19)8-9-18/h4-5,7,11-12,14H,2-3,6,8-10,18H2,1H3. The fourth-order valence-corrected chi connectivity index (χ4v) is 2.99. The molecule has 0 spiro atoms. The topological polar surface area (TPSA) is 55.6 Å². The van der Waals surface area contributed by atoms with Crippen molar-refractivity contribution in [3.63, 3.8) is 0 Å². The summed E-state index contributed by atoms with van der Waals surface area (Å²) in [4.78, 5) is 14.5. The first kappa shape index (κ1) is 16.1. The van der Waals surface area contributed by atoms with E-state index in [9.17, 15) is 4.79 Å². The molecule has 2 unspecified atom stereocenters. The molecule has 1 aliphatic heterocycles. The van der Waals surface area contributed by atoms with Crippen molar-refractivity contribution in [2.45, 2.75) is 44.8 Å². The van der Waals surface area contributed by atoms with E-state index in [1.54, 1.807) is 19.1 Å². The van der Waals surface area contributed by atoms with Crippen molar-refractivity contribution in [1.82, 2.24) is 4.90 Å². The van der Waals surface area contributed by atoms with E-state index >= 15 is 0 Å². The molecule has 2 N–H and O–H groups in total. The number of carbonyl (C=O) groups excluding carboxylic acids is 1. The first-order chi connectivity index (χ1) is 10.1. The molecule has 1 heterocycles. The van der Waals surface area contributed by atoms with E-state index < -0.39 is 6.10 Å². The van der Waals surface area contributed by atoms with Crippen LogP contribution >= 0.6 is 11.6 Å². The number of halogens is 1. The SMILES string of the molecule is CC(Oc1cccc(Cl)c1)C(=O)N1CCCCC1CCN. The van der Waals surface area contributed by atoms with Crippen molar-refractivity contribution < 1.29 is 9.53 Å². The molecule has 0 radical (unpaired) electrons. The number of carbonyl (C=O) groups is 1. The molecule has 1 aromatic carbocycles. The highest BCUT2D eigenvalue weighted by Gasteiger charge is 2.30. The van der Waals surface area contributed by atoms with Crippen LogP contribution in [-0.4, -0.2) is 36.0 Å². The summed E-state index contributed by atoms with van der Waals surface area (Å²) in [6.45, 7) is 3.20. The van der Waals surface area contributed by atoms with Crippen LogP contribution in [0.25, 0.3) is 0 Å². The average molecular weight is 311 g/mol. The molecule has 1 amide bonds. The minimum absolute atomic E-state index is 0.0353. The number of piperidine rings is 1. The van der Waals surface area contributed by atoms with Gasteiger partial charge in [-0.05, 0) is 57.4 Å². The maximum atomic E-state index is 12.6. The van der Waals surface area contributed by atoms with Gasteiger partial charge < -0.3 is 15.4 Å².